The fraction of sp³-hybridized carbons (Fsp3) is 0.235. The van der Waals surface area contributed by atoms with Crippen LogP contribution >= 0.6 is 23.2 Å². The Bertz CT molecular complexity index is 985. The van der Waals surface area contributed by atoms with E-state index in [-0.39, 0.29) is 27.8 Å². The molecule has 0 unspecified atom stereocenters. The van der Waals surface area contributed by atoms with Crippen molar-refractivity contribution in [2.75, 3.05) is 18.5 Å². The Hall–Kier alpha value is -2.58. The smallest absolute Gasteiger partial charge is 0.256 e. The molecule has 0 spiro atoms. The van der Waals surface area contributed by atoms with Gasteiger partial charge in [-0.1, -0.05) is 23.2 Å². The summed E-state index contributed by atoms with van der Waals surface area (Å²) in [6.45, 7) is 4.43. The molecule has 2 heterocycles. The molecular weight excluding hydrogens is 396 g/mol. The number of ether oxygens (including phenoxy) is 1. The third-order valence-electron chi connectivity index (χ3n) is 3.55. The van der Waals surface area contributed by atoms with Crippen molar-refractivity contribution < 1.29 is 13.9 Å². The number of nitrogens with zero attached hydrogens (tertiary/aromatic N) is 2. The number of hydrogen-bond donors (Lipinski definition) is 3. The SMILES string of the molecule is CCNC(=O)c1cc2[nH]c(Nc3c(Cl)cc(F)cc3Cl)nc2nc1OCC. The molecule has 0 aliphatic carbocycles. The number of aromatic nitrogens is 3. The van der Waals surface area contributed by atoms with Crippen LogP contribution in [0.5, 0.6) is 5.88 Å². The number of H-pyrrole nitrogens is 1. The van der Waals surface area contributed by atoms with Crippen molar-refractivity contribution in [1.29, 1.82) is 0 Å². The van der Waals surface area contributed by atoms with Crippen LogP contribution in [0.1, 0.15) is 24.2 Å². The Balaban J connectivity index is 2.01. The van der Waals surface area contributed by atoms with Crippen LogP contribution in [-0.2, 0) is 0 Å². The summed E-state index contributed by atoms with van der Waals surface area (Å²) >= 11 is 12.1. The van der Waals surface area contributed by atoms with Crippen LogP contribution in [0.25, 0.3) is 11.2 Å². The van der Waals surface area contributed by atoms with Gasteiger partial charge in [0, 0.05) is 6.54 Å². The maximum absolute atomic E-state index is 13.3. The van der Waals surface area contributed by atoms with Gasteiger partial charge < -0.3 is 20.4 Å². The predicted octanol–water partition coefficient (Wildman–Crippen LogP) is 4.30. The Morgan fingerprint density at radius 2 is 1.93 bits per heavy atom. The molecule has 142 valence electrons. The summed E-state index contributed by atoms with van der Waals surface area (Å²) in [5.41, 5.74) is 1.44. The second-order valence-corrected chi connectivity index (χ2v) is 6.27. The van der Waals surface area contributed by atoms with Gasteiger partial charge in [0.1, 0.15) is 11.4 Å². The summed E-state index contributed by atoms with van der Waals surface area (Å²) in [6, 6.07) is 3.87. The van der Waals surface area contributed by atoms with Crippen LogP contribution in [0.4, 0.5) is 16.0 Å². The van der Waals surface area contributed by atoms with Gasteiger partial charge in [-0.2, -0.15) is 9.97 Å². The average molecular weight is 412 g/mol. The maximum Gasteiger partial charge on any atom is 0.256 e. The first kappa shape index (κ1) is 19.2. The quantitative estimate of drug-likeness (QED) is 0.562. The van der Waals surface area contributed by atoms with E-state index in [2.05, 4.69) is 25.6 Å². The van der Waals surface area contributed by atoms with E-state index >= 15 is 0 Å². The predicted molar refractivity (Wildman–Crippen MR) is 103 cm³/mol. The molecule has 0 fully saturated rings. The number of aromatic amines is 1. The van der Waals surface area contributed by atoms with Crippen LogP contribution < -0.4 is 15.4 Å². The molecule has 7 nitrogen and oxygen atoms in total. The van der Waals surface area contributed by atoms with Crippen LogP contribution in [0.2, 0.25) is 10.0 Å². The van der Waals surface area contributed by atoms with Crippen LogP contribution in [0.15, 0.2) is 18.2 Å². The van der Waals surface area contributed by atoms with Crippen molar-refractivity contribution in [2.24, 2.45) is 0 Å². The van der Waals surface area contributed by atoms with E-state index in [0.717, 1.165) is 12.1 Å². The van der Waals surface area contributed by atoms with Crippen molar-refractivity contribution in [2.45, 2.75) is 13.8 Å². The summed E-state index contributed by atoms with van der Waals surface area (Å²) in [6.07, 6.45) is 0. The normalized spacial score (nSPS) is 10.9. The van der Waals surface area contributed by atoms with E-state index in [9.17, 15) is 9.18 Å². The van der Waals surface area contributed by atoms with Crippen LogP contribution in [0.3, 0.4) is 0 Å². The Labute approximate surface area is 164 Å². The Kier molecular flexibility index (Phi) is 5.67. The topological polar surface area (TPSA) is 91.9 Å². The van der Waals surface area contributed by atoms with Crippen molar-refractivity contribution in [3.05, 3.63) is 39.6 Å². The number of imidazole rings is 1. The number of carbonyl (C=O) groups is 1. The molecule has 1 amide bonds. The molecule has 0 saturated heterocycles. The van der Waals surface area contributed by atoms with E-state index in [0.29, 0.717) is 35.6 Å². The minimum atomic E-state index is -0.547. The van der Waals surface area contributed by atoms with Gasteiger partial charge in [-0.15, -0.1) is 0 Å². The van der Waals surface area contributed by atoms with E-state index in [4.69, 9.17) is 27.9 Å². The molecule has 0 bridgehead atoms. The first-order valence-electron chi connectivity index (χ1n) is 8.16. The molecular formula is C17H16Cl2FN5O2. The zero-order valence-electron chi connectivity index (χ0n) is 14.5. The highest BCUT2D eigenvalue weighted by molar-refractivity contribution is 6.39. The molecule has 3 rings (SSSR count). The Morgan fingerprint density at radius 3 is 2.56 bits per heavy atom. The average Bonchev–Trinajstić information content (AvgIpc) is 2.99. The van der Waals surface area contributed by atoms with Gasteiger partial charge in [-0.3, -0.25) is 4.79 Å². The van der Waals surface area contributed by atoms with E-state index in [1.54, 1.807) is 13.0 Å². The van der Waals surface area contributed by atoms with E-state index < -0.39 is 5.82 Å². The first-order chi connectivity index (χ1) is 12.9. The fourth-order valence-corrected chi connectivity index (χ4v) is 2.99. The molecule has 0 atom stereocenters. The molecule has 2 aromatic heterocycles. The van der Waals surface area contributed by atoms with Crippen molar-refractivity contribution >= 4 is 51.9 Å². The number of nitrogens with one attached hydrogen (secondary N) is 3. The first-order valence-corrected chi connectivity index (χ1v) is 8.91. The molecule has 0 aliphatic rings. The number of pyridine rings is 1. The standard InChI is InChI=1S/C17H16Cl2FN5O2/c1-3-21-15(26)9-7-12-14(24-16(9)27-4-2)25-17(22-12)23-13-10(18)5-8(20)6-11(13)19/h5-7H,3-4H2,1-2H3,(H,21,26)(H2,22,23,24,25). The van der Waals surface area contributed by atoms with E-state index in [1.165, 1.54) is 0 Å². The summed E-state index contributed by atoms with van der Waals surface area (Å²) in [5.74, 6) is -0.380. The molecule has 0 aliphatic heterocycles. The highest BCUT2D eigenvalue weighted by Crippen LogP contribution is 2.33. The molecule has 1 aromatic carbocycles. The van der Waals surface area contributed by atoms with Gasteiger partial charge in [0.05, 0.1) is 27.9 Å². The number of benzene rings is 1. The maximum atomic E-state index is 13.3. The van der Waals surface area contributed by atoms with E-state index in [1.807, 2.05) is 6.92 Å². The number of carbonyl (C=O) groups excluding carboxylic acids is 1. The van der Waals surface area contributed by atoms with Gasteiger partial charge in [0.25, 0.3) is 5.91 Å². The lowest BCUT2D eigenvalue weighted by Gasteiger charge is -2.08. The third kappa shape index (κ3) is 4.06. The minimum absolute atomic E-state index is 0.103. The zero-order chi connectivity index (χ0) is 19.6. The number of fused-ring (bicyclic) bond motifs is 1. The highest BCUT2D eigenvalue weighted by atomic mass is 35.5. The molecule has 10 heteroatoms. The Morgan fingerprint density at radius 1 is 1.22 bits per heavy atom. The van der Waals surface area contributed by atoms with Gasteiger partial charge in [0.15, 0.2) is 5.65 Å². The lowest BCUT2D eigenvalue weighted by atomic mass is 10.2. The molecule has 3 N–H and O–H groups in total. The largest absolute Gasteiger partial charge is 0.477 e. The number of hydrogen-bond acceptors (Lipinski definition) is 5. The molecule has 27 heavy (non-hydrogen) atoms. The van der Waals surface area contributed by atoms with Gasteiger partial charge >= 0.3 is 0 Å². The van der Waals surface area contributed by atoms with Gasteiger partial charge in [-0.05, 0) is 32.0 Å². The zero-order valence-corrected chi connectivity index (χ0v) is 16.0. The molecule has 0 radical (unpaired) electrons. The van der Waals surface area contributed by atoms with Crippen molar-refractivity contribution in [1.82, 2.24) is 20.3 Å². The molecule has 0 saturated carbocycles. The number of halogens is 3. The van der Waals surface area contributed by atoms with Gasteiger partial charge in [-0.25, -0.2) is 4.39 Å². The lowest BCUT2D eigenvalue weighted by molar-refractivity contribution is 0.0951. The second-order valence-electron chi connectivity index (χ2n) is 5.46. The highest BCUT2D eigenvalue weighted by Gasteiger charge is 2.18. The molecule has 3 aromatic rings. The van der Waals surface area contributed by atoms with Crippen molar-refractivity contribution in [3.63, 3.8) is 0 Å². The number of amides is 1. The number of rotatable bonds is 6. The summed E-state index contributed by atoms with van der Waals surface area (Å²) in [4.78, 5) is 23.8. The summed E-state index contributed by atoms with van der Waals surface area (Å²) in [7, 11) is 0. The second kappa shape index (κ2) is 7.98. The third-order valence-corrected chi connectivity index (χ3v) is 4.15. The monoisotopic (exact) mass is 411 g/mol. The minimum Gasteiger partial charge on any atom is -0.477 e. The number of anilines is 2. The van der Waals surface area contributed by atoms with Crippen molar-refractivity contribution in [3.8, 4) is 5.88 Å². The fourth-order valence-electron chi connectivity index (χ4n) is 2.43. The van der Waals surface area contributed by atoms with Crippen LogP contribution in [-0.4, -0.2) is 34.0 Å². The van der Waals surface area contributed by atoms with Crippen LogP contribution in [0, 0.1) is 5.82 Å². The van der Waals surface area contributed by atoms with Gasteiger partial charge in [0.2, 0.25) is 11.8 Å². The summed E-state index contributed by atoms with van der Waals surface area (Å²) in [5, 5.41) is 5.82. The lowest BCUT2D eigenvalue weighted by Crippen LogP contribution is -2.23. The summed E-state index contributed by atoms with van der Waals surface area (Å²) < 4.78 is 18.8.